The van der Waals surface area contributed by atoms with Crippen LogP contribution < -0.4 is 18.9 Å². The highest BCUT2D eigenvalue weighted by Crippen LogP contribution is 2.58. The molecule has 9 aromatic carbocycles. The minimum Gasteiger partial charge on any atom is -0.461 e. The quantitative estimate of drug-likeness (QED) is 0.0439. The second kappa shape index (κ2) is 19.9. The topological polar surface area (TPSA) is 164 Å². The number of hydrogen-bond donors (Lipinski definition) is 0. The van der Waals surface area contributed by atoms with Gasteiger partial charge < -0.3 is 28.4 Å². The Balaban J connectivity index is 1.19. The number of nitrogens with zero attached hydrogens (tertiary/aromatic N) is 2. The van der Waals surface area contributed by atoms with Crippen LogP contribution in [0.5, 0.6) is 46.0 Å². The zero-order valence-corrected chi connectivity index (χ0v) is 44.6. The molecule has 4 aliphatic rings. The summed E-state index contributed by atoms with van der Waals surface area (Å²) in [7, 11) is 0. The number of esters is 2. The van der Waals surface area contributed by atoms with Gasteiger partial charge in [0.15, 0.2) is 0 Å². The molecule has 80 heavy (non-hydrogen) atoms. The number of fused-ring (bicyclic) bond motifs is 2. The molecule has 0 radical (unpaired) electrons. The highest BCUT2D eigenvalue weighted by molar-refractivity contribution is 6.45. The largest absolute Gasteiger partial charge is 0.461 e. The molecule has 0 bridgehead atoms. The number of hydrogen-bond acceptors (Lipinski definition) is 12. The van der Waals surface area contributed by atoms with Crippen LogP contribution in [0.3, 0.4) is 0 Å². The zero-order valence-electron chi connectivity index (χ0n) is 44.6. The van der Waals surface area contributed by atoms with Crippen molar-refractivity contribution in [2.45, 2.75) is 91.3 Å². The summed E-state index contributed by atoms with van der Waals surface area (Å²) in [5.41, 5.74) is 3.25. The average molecular weight is 1070 g/mol. The van der Waals surface area contributed by atoms with Gasteiger partial charge in [0.25, 0.3) is 23.6 Å². The number of benzene rings is 9. The van der Waals surface area contributed by atoms with E-state index < -0.39 is 48.7 Å². The lowest BCUT2D eigenvalue weighted by Crippen LogP contribution is -2.44. The maximum Gasteiger partial charge on any atom is 0.326 e. The molecule has 9 aromatic rings. The molecule has 0 aromatic heterocycles. The molecule has 400 valence electrons. The number of rotatable bonds is 14. The van der Waals surface area contributed by atoms with Gasteiger partial charge in [-0.15, -0.1) is 0 Å². The fourth-order valence-electron chi connectivity index (χ4n) is 12.1. The smallest absolute Gasteiger partial charge is 0.326 e. The molecule has 0 N–H and O–H groups in total. The summed E-state index contributed by atoms with van der Waals surface area (Å²) >= 11 is 0. The Bertz CT molecular complexity index is 3640. The van der Waals surface area contributed by atoms with E-state index in [4.69, 9.17) is 28.4 Å². The number of para-hydroxylation sites is 4. The molecule has 14 nitrogen and oxygen atoms in total. The predicted octanol–water partition coefficient (Wildman–Crippen LogP) is 14.3. The first-order valence-electron chi connectivity index (χ1n) is 27.2. The summed E-state index contributed by atoms with van der Waals surface area (Å²) in [5, 5.41) is 2.53. The van der Waals surface area contributed by atoms with Gasteiger partial charge in [-0.25, -0.2) is 0 Å². The second-order valence-electron chi connectivity index (χ2n) is 21.3. The number of ether oxygens (including phenoxy) is 6. The van der Waals surface area contributed by atoms with Gasteiger partial charge in [0.1, 0.15) is 71.3 Å². The Kier molecular flexibility index (Phi) is 12.5. The van der Waals surface area contributed by atoms with E-state index in [-0.39, 0.29) is 68.2 Å². The number of aryl methyl sites for hydroxylation is 4. The fraction of sp³-hybridized carbons (Fsp3) is 0.242. The summed E-state index contributed by atoms with van der Waals surface area (Å²) in [6, 6.07) is 35.9. The standard InChI is InChI=1S/C66H54N2O12/c1-35-17-5-13-25-45(35)77-49-29-41-55-42(64(72)67(63(41)71)33-53(69)75-39-21-9-10-22-39)31-51(79-47-27-15-7-19-37(47)3)59-60-52(80-48-28-16-8-20-38(48)4)32-44-56-43(65(73)68(66(44)74)34-54(70)76-40-23-11-12-24-40)30-50(58(62(56)60)57(49)61(55)59)78-46-26-14-6-18-36(46)2/h5-8,13-20,25-32,39-40H,9-12,21-24,33-34H2,1-4H3. The van der Waals surface area contributed by atoms with Crippen LogP contribution in [0.15, 0.2) is 121 Å². The van der Waals surface area contributed by atoms with E-state index in [9.17, 15) is 9.59 Å². The minimum absolute atomic E-state index is 0.0570. The third-order valence-electron chi connectivity index (χ3n) is 16.1. The molecule has 2 heterocycles. The molecule has 4 amide bonds. The maximum absolute atomic E-state index is 15.4. The third kappa shape index (κ3) is 8.48. The van der Waals surface area contributed by atoms with Crippen molar-refractivity contribution >= 4 is 78.7 Å². The van der Waals surface area contributed by atoms with E-state index in [1.54, 1.807) is 48.5 Å². The number of carbonyl (C=O) groups is 6. The van der Waals surface area contributed by atoms with Crippen LogP contribution in [-0.4, -0.2) is 70.7 Å². The Morgan fingerprint density at radius 2 is 0.613 bits per heavy atom. The number of amides is 4. The molecule has 0 spiro atoms. The molecule has 14 heteroatoms. The molecule has 13 rings (SSSR count). The first-order chi connectivity index (χ1) is 38.8. The normalized spacial score (nSPS) is 15.5. The van der Waals surface area contributed by atoms with Crippen molar-refractivity contribution in [3.8, 4) is 46.0 Å². The Hall–Kier alpha value is -9.30. The molecule has 0 atom stereocenters. The van der Waals surface area contributed by atoms with Crippen LogP contribution in [0.4, 0.5) is 0 Å². The van der Waals surface area contributed by atoms with Gasteiger partial charge in [0.05, 0.1) is 22.3 Å². The van der Waals surface area contributed by atoms with E-state index >= 15 is 19.2 Å². The molecule has 2 aliphatic carbocycles. The first kappa shape index (κ1) is 50.2. The molecular weight excluding hydrogens is 1010 g/mol. The predicted molar refractivity (Wildman–Crippen MR) is 300 cm³/mol. The fourth-order valence-corrected chi connectivity index (χ4v) is 12.1. The summed E-state index contributed by atoms with van der Waals surface area (Å²) in [6.45, 7) is 6.27. The van der Waals surface area contributed by atoms with Gasteiger partial charge in [0.2, 0.25) is 0 Å². The highest BCUT2D eigenvalue weighted by atomic mass is 16.6. The van der Waals surface area contributed by atoms with Gasteiger partial charge in [-0.05, 0) is 150 Å². The Morgan fingerprint density at radius 3 is 0.863 bits per heavy atom. The van der Waals surface area contributed by atoms with Crippen molar-refractivity contribution in [3.05, 3.63) is 166 Å². The van der Waals surface area contributed by atoms with Crippen molar-refractivity contribution in [1.29, 1.82) is 0 Å². The van der Waals surface area contributed by atoms with Crippen molar-refractivity contribution in [2.24, 2.45) is 0 Å². The molecule has 2 fully saturated rings. The van der Waals surface area contributed by atoms with Crippen LogP contribution in [0.1, 0.15) is 115 Å². The Labute approximate surface area is 460 Å². The first-order valence-corrected chi connectivity index (χ1v) is 27.2. The monoisotopic (exact) mass is 1070 g/mol. The van der Waals surface area contributed by atoms with Crippen molar-refractivity contribution in [3.63, 3.8) is 0 Å². The van der Waals surface area contributed by atoms with Gasteiger partial charge in [-0.1, -0.05) is 72.8 Å². The van der Waals surface area contributed by atoms with Crippen LogP contribution >= 0.6 is 0 Å². The van der Waals surface area contributed by atoms with Gasteiger partial charge >= 0.3 is 11.9 Å². The Morgan fingerprint density at radius 1 is 0.362 bits per heavy atom. The lowest BCUT2D eigenvalue weighted by atomic mass is 9.80. The van der Waals surface area contributed by atoms with E-state index in [2.05, 4.69) is 0 Å². The van der Waals surface area contributed by atoms with E-state index in [1.165, 1.54) is 0 Å². The van der Waals surface area contributed by atoms with E-state index in [0.717, 1.165) is 57.7 Å². The van der Waals surface area contributed by atoms with Crippen LogP contribution in [0.2, 0.25) is 0 Å². The summed E-state index contributed by atoms with van der Waals surface area (Å²) in [5.74, 6) is -2.12. The second-order valence-corrected chi connectivity index (χ2v) is 21.3. The molecule has 0 unspecified atom stereocenters. The number of carbonyl (C=O) groups excluding carboxylic acids is 6. The average Bonchev–Trinajstić information content (AvgIpc) is 3.34. The van der Waals surface area contributed by atoms with Gasteiger partial charge in [0, 0.05) is 43.1 Å². The van der Waals surface area contributed by atoms with Crippen molar-refractivity contribution in [2.75, 3.05) is 13.1 Å². The van der Waals surface area contributed by atoms with Gasteiger partial charge in [-0.3, -0.25) is 38.6 Å². The minimum atomic E-state index is -0.753. The van der Waals surface area contributed by atoms with E-state index in [0.29, 0.717) is 81.0 Å². The molecule has 0 saturated heterocycles. The summed E-state index contributed by atoms with van der Waals surface area (Å²) in [4.78, 5) is 91.0. The molecular formula is C66H54N2O12. The van der Waals surface area contributed by atoms with Crippen molar-refractivity contribution in [1.82, 2.24) is 9.80 Å². The lowest BCUT2D eigenvalue weighted by molar-refractivity contribution is -0.149. The SMILES string of the molecule is Cc1ccccc1Oc1cc2c3c(cc(Oc4ccccc4C)c4c5c(Oc6ccccc6C)cc6c7c(cc(Oc8ccccc8C)c(c1c34)c75)C(=O)N(CC(=O)OC1CCCC1)C6=O)C(=O)N(CC(=O)OC1CCCC1)C2=O. The third-order valence-corrected chi connectivity index (χ3v) is 16.1. The van der Waals surface area contributed by atoms with E-state index in [1.807, 2.05) is 100 Å². The van der Waals surface area contributed by atoms with Crippen molar-refractivity contribution < 1.29 is 57.2 Å². The van der Waals surface area contributed by atoms with Gasteiger partial charge in [-0.2, -0.15) is 0 Å². The van der Waals surface area contributed by atoms with Crippen LogP contribution in [-0.2, 0) is 19.1 Å². The molecule has 2 aliphatic heterocycles. The zero-order chi connectivity index (χ0) is 55.1. The summed E-state index contributed by atoms with van der Waals surface area (Å²) < 4.78 is 40.1. The highest BCUT2D eigenvalue weighted by Gasteiger charge is 2.43. The van der Waals surface area contributed by atoms with Crippen LogP contribution in [0.25, 0.3) is 43.1 Å². The van der Waals surface area contributed by atoms with Crippen LogP contribution in [0, 0.1) is 27.7 Å². The molecule has 2 saturated carbocycles. The number of imide groups is 2. The summed E-state index contributed by atoms with van der Waals surface area (Å²) in [6.07, 6.45) is 5.76. The maximum atomic E-state index is 15.4. The lowest BCUT2D eigenvalue weighted by Gasteiger charge is -2.32.